The van der Waals surface area contributed by atoms with E-state index in [9.17, 15) is 9.90 Å². The molecule has 0 saturated carbocycles. The fourth-order valence-corrected chi connectivity index (χ4v) is 1.90. The molecule has 1 N–H and O–H groups in total. The van der Waals surface area contributed by atoms with Crippen LogP contribution in [0.3, 0.4) is 0 Å². The van der Waals surface area contributed by atoms with Gasteiger partial charge in [-0.1, -0.05) is 0 Å². The summed E-state index contributed by atoms with van der Waals surface area (Å²) in [5, 5.41) is 9.62. The highest BCUT2D eigenvalue weighted by Gasteiger charge is 2.40. The number of rotatable bonds is 7. The number of hydrogen-bond donors (Lipinski definition) is 1. The number of aromatic nitrogens is 1. The zero-order valence-electron chi connectivity index (χ0n) is 11.7. The highest BCUT2D eigenvalue weighted by molar-refractivity contribution is 9.10. The van der Waals surface area contributed by atoms with Crippen LogP contribution >= 0.6 is 15.9 Å². The molecular weight excluding hydrogens is 330 g/mol. The van der Waals surface area contributed by atoms with Crippen LogP contribution in [0, 0.1) is 0 Å². The number of pyridine rings is 1. The number of methoxy groups -OCH3 is 1. The standard InChI is InChI=1S/C13H18BrNO5/c1-4-19-12(17)13(2,7-16)11-10(20-8-18-3)5-9(14)6-15-11/h5-6,16H,4,7-8H2,1-3H3. The van der Waals surface area contributed by atoms with E-state index >= 15 is 0 Å². The number of hydrogen-bond acceptors (Lipinski definition) is 6. The van der Waals surface area contributed by atoms with E-state index in [0.717, 1.165) is 0 Å². The fraction of sp³-hybridized carbons (Fsp3) is 0.538. The lowest BCUT2D eigenvalue weighted by Gasteiger charge is -2.26. The fourth-order valence-electron chi connectivity index (χ4n) is 1.59. The molecule has 1 heterocycles. The summed E-state index contributed by atoms with van der Waals surface area (Å²) < 4.78 is 16.0. The molecule has 1 aromatic heterocycles. The Morgan fingerprint density at radius 2 is 2.25 bits per heavy atom. The number of carbonyl (C=O) groups excluding carboxylic acids is 1. The smallest absolute Gasteiger partial charge is 0.320 e. The van der Waals surface area contributed by atoms with Gasteiger partial charge >= 0.3 is 5.97 Å². The number of ether oxygens (including phenoxy) is 3. The Kier molecular flexibility index (Phi) is 6.38. The maximum atomic E-state index is 12.1. The minimum atomic E-state index is -1.29. The molecule has 0 aliphatic heterocycles. The molecule has 20 heavy (non-hydrogen) atoms. The molecule has 7 heteroatoms. The van der Waals surface area contributed by atoms with Gasteiger partial charge in [-0.2, -0.15) is 0 Å². The quantitative estimate of drug-likeness (QED) is 0.596. The van der Waals surface area contributed by atoms with Crippen LogP contribution in [0.1, 0.15) is 19.5 Å². The molecule has 0 fully saturated rings. The Morgan fingerprint density at radius 1 is 1.55 bits per heavy atom. The molecule has 0 saturated heterocycles. The summed E-state index contributed by atoms with van der Waals surface area (Å²) in [6, 6.07) is 1.66. The monoisotopic (exact) mass is 347 g/mol. The van der Waals surface area contributed by atoms with Gasteiger partial charge in [-0.3, -0.25) is 9.78 Å². The van der Waals surface area contributed by atoms with Gasteiger partial charge in [0.05, 0.1) is 13.2 Å². The largest absolute Gasteiger partial charge is 0.466 e. The maximum Gasteiger partial charge on any atom is 0.320 e. The first-order chi connectivity index (χ1) is 9.49. The predicted octanol–water partition coefficient (Wildman–Crippen LogP) is 1.64. The second-order valence-corrected chi connectivity index (χ2v) is 5.18. The summed E-state index contributed by atoms with van der Waals surface area (Å²) in [6.07, 6.45) is 1.53. The van der Waals surface area contributed by atoms with Crippen molar-refractivity contribution in [1.29, 1.82) is 0 Å². The third kappa shape index (κ3) is 3.68. The van der Waals surface area contributed by atoms with Crippen LogP contribution in [-0.2, 0) is 19.7 Å². The van der Waals surface area contributed by atoms with E-state index < -0.39 is 18.0 Å². The molecule has 0 radical (unpaired) electrons. The average Bonchev–Trinajstić information content (AvgIpc) is 2.44. The number of esters is 1. The Balaban J connectivity index is 3.22. The molecule has 1 rings (SSSR count). The Labute approximate surface area is 126 Å². The van der Waals surface area contributed by atoms with Crippen molar-refractivity contribution >= 4 is 21.9 Å². The van der Waals surface area contributed by atoms with E-state index in [-0.39, 0.29) is 13.4 Å². The predicted molar refractivity (Wildman–Crippen MR) is 75.5 cm³/mol. The van der Waals surface area contributed by atoms with Gasteiger partial charge in [-0.25, -0.2) is 0 Å². The molecule has 0 aliphatic rings. The molecule has 0 spiro atoms. The maximum absolute atomic E-state index is 12.1. The zero-order valence-corrected chi connectivity index (χ0v) is 13.3. The molecule has 0 aliphatic carbocycles. The van der Waals surface area contributed by atoms with Crippen LogP contribution in [0.4, 0.5) is 0 Å². The summed E-state index contributed by atoms with van der Waals surface area (Å²) >= 11 is 3.28. The third-order valence-corrected chi connectivity index (χ3v) is 3.15. The van der Waals surface area contributed by atoms with E-state index in [1.807, 2.05) is 0 Å². The Hall–Kier alpha value is -1.18. The van der Waals surface area contributed by atoms with Crippen molar-refractivity contribution in [2.75, 3.05) is 27.1 Å². The molecule has 0 aromatic carbocycles. The molecule has 1 unspecified atom stereocenters. The number of aliphatic hydroxyl groups excluding tert-OH is 1. The average molecular weight is 348 g/mol. The SMILES string of the molecule is CCOC(=O)C(C)(CO)c1ncc(Br)cc1OCOC. The van der Waals surface area contributed by atoms with Crippen molar-refractivity contribution in [2.24, 2.45) is 0 Å². The number of carbonyl (C=O) groups is 1. The van der Waals surface area contributed by atoms with Crippen molar-refractivity contribution in [3.8, 4) is 5.75 Å². The van der Waals surface area contributed by atoms with Crippen LogP contribution in [-0.4, -0.2) is 43.2 Å². The van der Waals surface area contributed by atoms with E-state index in [2.05, 4.69) is 20.9 Å². The number of halogens is 1. The lowest BCUT2D eigenvalue weighted by Crippen LogP contribution is -2.39. The topological polar surface area (TPSA) is 77.9 Å². The molecular formula is C13H18BrNO5. The van der Waals surface area contributed by atoms with Gasteiger partial charge in [0.2, 0.25) is 0 Å². The summed E-state index contributed by atoms with van der Waals surface area (Å²) in [7, 11) is 1.49. The van der Waals surface area contributed by atoms with E-state index in [1.165, 1.54) is 13.3 Å². The Morgan fingerprint density at radius 3 is 2.80 bits per heavy atom. The van der Waals surface area contributed by atoms with E-state index in [0.29, 0.717) is 15.9 Å². The van der Waals surface area contributed by atoms with Crippen LogP contribution in [0.25, 0.3) is 0 Å². The Bertz CT molecular complexity index is 468. The molecule has 112 valence electrons. The first-order valence-electron chi connectivity index (χ1n) is 6.05. The summed E-state index contributed by atoms with van der Waals surface area (Å²) in [5.74, 6) is -0.203. The van der Waals surface area contributed by atoms with Crippen molar-refractivity contribution in [2.45, 2.75) is 19.3 Å². The second-order valence-electron chi connectivity index (χ2n) is 4.26. The van der Waals surface area contributed by atoms with E-state index in [4.69, 9.17) is 14.2 Å². The summed E-state index contributed by atoms with van der Waals surface area (Å²) in [6.45, 7) is 3.05. The van der Waals surface area contributed by atoms with Crippen molar-refractivity contribution < 1.29 is 24.1 Å². The minimum Gasteiger partial charge on any atom is -0.466 e. The van der Waals surface area contributed by atoms with Gasteiger partial charge in [0.25, 0.3) is 0 Å². The normalized spacial score (nSPS) is 13.7. The van der Waals surface area contributed by atoms with E-state index in [1.54, 1.807) is 19.9 Å². The van der Waals surface area contributed by atoms with Gasteiger partial charge in [0, 0.05) is 17.8 Å². The lowest BCUT2D eigenvalue weighted by molar-refractivity contribution is -0.151. The molecule has 1 aromatic rings. The van der Waals surface area contributed by atoms with Crippen LogP contribution in [0.5, 0.6) is 5.75 Å². The molecule has 0 bridgehead atoms. The third-order valence-electron chi connectivity index (χ3n) is 2.72. The number of nitrogens with zero attached hydrogens (tertiary/aromatic N) is 1. The van der Waals surface area contributed by atoms with Crippen LogP contribution in [0.2, 0.25) is 0 Å². The first-order valence-corrected chi connectivity index (χ1v) is 6.84. The van der Waals surface area contributed by atoms with Gasteiger partial charge < -0.3 is 19.3 Å². The highest BCUT2D eigenvalue weighted by Crippen LogP contribution is 2.33. The molecule has 0 amide bonds. The first kappa shape index (κ1) is 16.9. The van der Waals surface area contributed by atoms with Crippen molar-refractivity contribution in [1.82, 2.24) is 4.98 Å². The zero-order chi connectivity index (χ0) is 15.2. The minimum absolute atomic E-state index is 0.00939. The highest BCUT2D eigenvalue weighted by atomic mass is 79.9. The van der Waals surface area contributed by atoms with Gasteiger partial charge in [0.15, 0.2) is 6.79 Å². The lowest BCUT2D eigenvalue weighted by atomic mass is 9.86. The molecule has 6 nitrogen and oxygen atoms in total. The van der Waals surface area contributed by atoms with Crippen LogP contribution in [0.15, 0.2) is 16.7 Å². The van der Waals surface area contributed by atoms with Gasteiger partial charge in [0.1, 0.15) is 16.9 Å². The number of aliphatic hydroxyl groups is 1. The molecule has 1 atom stereocenters. The summed E-state index contributed by atoms with van der Waals surface area (Å²) in [4.78, 5) is 16.3. The van der Waals surface area contributed by atoms with Gasteiger partial charge in [-0.05, 0) is 35.8 Å². The van der Waals surface area contributed by atoms with Gasteiger partial charge in [-0.15, -0.1) is 0 Å². The van der Waals surface area contributed by atoms with Crippen molar-refractivity contribution in [3.63, 3.8) is 0 Å². The second kappa shape index (κ2) is 7.56. The summed E-state index contributed by atoms with van der Waals surface area (Å²) in [5.41, 5.74) is -0.988. The van der Waals surface area contributed by atoms with Crippen LogP contribution < -0.4 is 4.74 Å². The van der Waals surface area contributed by atoms with Crippen molar-refractivity contribution in [3.05, 3.63) is 22.4 Å².